The van der Waals surface area contributed by atoms with Crippen molar-refractivity contribution in [3.63, 3.8) is 0 Å². The summed E-state index contributed by atoms with van der Waals surface area (Å²) in [7, 11) is 3.28. The van der Waals surface area contributed by atoms with Crippen LogP contribution in [0.15, 0.2) is 72.4 Å². The SMILES string of the molecule is CCOc1ccc(N2C(=O)/C(=C/c3ccc(OCc4ccccc4F)c(OC)c3)N(C)C2=S)cc1. The molecule has 35 heavy (non-hydrogen) atoms. The van der Waals surface area contributed by atoms with E-state index < -0.39 is 0 Å². The zero-order chi connectivity index (χ0) is 24.9. The van der Waals surface area contributed by atoms with Crippen molar-refractivity contribution in [3.05, 3.63) is 89.4 Å². The maximum Gasteiger partial charge on any atom is 0.281 e. The van der Waals surface area contributed by atoms with Crippen molar-refractivity contribution < 1.29 is 23.4 Å². The van der Waals surface area contributed by atoms with Crippen LogP contribution in [0.5, 0.6) is 17.2 Å². The molecule has 0 bridgehead atoms. The molecule has 180 valence electrons. The minimum atomic E-state index is -0.330. The predicted octanol–water partition coefficient (Wildman–Crippen LogP) is 5.42. The monoisotopic (exact) mass is 492 g/mol. The molecule has 0 radical (unpaired) electrons. The molecule has 0 atom stereocenters. The molecule has 0 spiro atoms. The van der Waals surface area contributed by atoms with Crippen LogP contribution < -0.4 is 19.1 Å². The van der Waals surface area contributed by atoms with E-state index in [1.165, 1.54) is 18.1 Å². The van der Waals surface area contributed by atoms with E-state index in [1.54, 1.807) is 78.7 Å². The van der Waals surface area contributed by atoms with Crippen LogP contribution in [-0.2, 0) is 11.4 Å². The molecule has 0 aromatic heterocycles. The molecule has 3 aromatic rings. The Balaban J connectivity index is 1.55. The topological polar surface area (TPSA) is 51.2 Å². The van der Waals surface area contributed by atoms with E-state index in [9.17, 15) is 9.18 Å². The van der Waals surface area contributed by atoms with E-state index in [4.69, 9.17) is 26.4 Å². The summed E-state index contributed by atoms with van der Waals surface area (Å²) in [4.78, 5) is 16.4. The number of likely N-dealkylation sites (N-methyl/N-ethyl adjacent to an activating group) is 1. The van der Waals surface area contributed by atoms with Crippen LogP contribution in [0.3, 0.4) is 0 Å². The summed E-state index contributed by atoms with van der Waals surface area (Å²) >= 11 is 5.54. The fraction of sp³-hybridized carbons (Fsp3) is 0.185. The van der Waals surface area contributed by atoms with Gasteiger partial charge in [0.2, 0.25) is 0 Å². The van der Waals surface area contributed by atoms with Gasteiger partial charge in [-0.3, -0.25) is 9.69 Å². The van der Waals surface area contributed by atoms with Gasteiger partial charge in [0, 0.05) is 12.6 Å². The number of carbonyl (C=O) groups is 1. The standard InChI is InChI=1S/C27H25FN2O4S/c1-4-33-21-12-10-20(11-13-21)30-26(31)23(29(2)27(30)35)15-18-9-14-24(25(16-18)32-3)34-17-19-7-5-6-8-22(19)28/h5-16H,4,17H2,1-3H3/b23-15-. The second-order valence-corrected chi connectivity index (χ2v) is 8.09. The number of halogens is 1. The lowest BCUT2D eigenvalue weighted by atomic mass is 10.1. The van der Waals surface area contributed by atoms with Crippen LogP contribution in [0.4, 0.5) is 10.1 Å². The number of nitrogens with zero attached hydrogens (tertiary/aromatic N) is 2. The molecule has 3 aromatic carbocycles. The number of ether oxygens (including phenoxy) is 3. The van der Waals surface area contributed by atoms with Crippen molar-refractivity contribution in [3.8, 4) is 17.2 Å². The number of hydrogen-bond acceptors (Lipinski definition) is 5. The van der Waals surface area contributed by atoms with Crippen LogP contribution in [0, 0.1) is 5.82 Å². The number of benzene rings is 3. The Morgan fingerprint density at radius 1 is 1.00 bits per heavy atom. The number of thiocarbonyl (C=S) groups is 1. The summed E-state index contributed by atoms with van der Waals surface area (Å²) in [5, 5.41) is 0.377. The van der Waals surface area contributed by atoms with Gasteiger partial charge >= 0.3 is 0 Å². The Hall–Kier alpha value is -3.91. The second-order valence-electron chi connectivity index (χ2n) is 7.73. The van der Waals surface area contributed by atoms with Crippen LogP contribution in [0.1, 0.15) is 18.1 Å². The zero-order valence-electron chi connectivity index (χ0n) is 19.7. The normalized spacial score (nSPS) is 14.6. The van der Waals surface area contributed by atoms with Gasteiger partial charge in [0.15, 0.2) is 16.6 Å². The highest BCUT2D eigenvalue weighted by atomic mass is 32.1. The summed E-state index contributed by atoms with van der Waals surface area (Å²) in [6.07, 6.45) is 1.74. The van der Waals surface area contributed by atoms with Crippen LogP contribution in [0.2, 0.25) is 0 Å². The smallest absolute Gasteiger partial charge is 0.281 e. The van der Waals surface area contributed by atoms with Crippen LogP contribution >= 0.6 is 12.2 Å². The van der Waals surface area contributed by atoms with Crippen molar-refractivity contribution >= 4 is 35.0 Å². The number of anilines is 1. The highest BCUT2D eigenvalue weighted by Gasteiger charge is 2.36. The van der Waals surface area contributed by atoms with Gasteiger partial charge in [-0.25, -0.2) is 4.39 Å². The minimum absolute atomic E-state index is 0.0655. The van der Waals surface area contributed by atoms with E-state index >= 15 is 0 Å². The van der Waals surface area contributed by atoms with Gasteiger partial charge < -0.3 is 19.1 Å². The molecule has 1 saturated heterocycles. The number of methoxy groups -OCH3 is 1. The third-order valence-electron chi connectivity index (χ3n) is 5.50. The van der Waals surface area contributed by atoms with Crippen molar-refractivity contribution in [1.82, 2.24) is 4.90 Å². The zero-order valence-corrected chi connectivity index (χ0v) is 20.5. The Labute approximate surface area is 209 Å². The molecule has 8 heteroatoms. The lowest BCUT2D eigenvalue weighted by Crippen LogP contribution is -2.31. The molecule has 1 aliphatic heterocycles. The van der Waals surface area contributed by atoms with Gasteiger partial charge in [0.25, 0.3) is 5.91 Å². The fourth-order valence-corrected chi connectivity index (χ4v) is 3.95. The first-order valence-electron chi connectivity index (χ1n) is 11.0. The first-order chi connectivity index (χ1) is 16.9. The number of amides is 1. The molecule has 0 unspecified atom stereocenters. The Morgan fingerprint density at radius 2 is 1.74 bits per heavy atom. The van der Waals surface area contributed by atoms with E-state index in [1.807, 2.05) is 6.92 Å². The number of rotatable bonds is 8. The lowest BCUT2D eigenvalue weighted by Gasteiger charge is -2.16. The first kappa shape index (κ1) is 24.2. The van der Waals surface area contributed by atoms with Gasteiger partial charge in [-0.2, -0.15) is 0 Å². The van der Waals surface area contributed by atoms with E-state index in [0.29, 0.717) is 40.2 Å². The molecule has 0 aliphatic carbocycles. The predicted molar refractivity (Wildman–Crippen MR) is 137 cm³/mol. The van der Waals surface area contributed by atoms with Gasteiger partial charge in [-0.1, -0.05) is 24.3 Å². The molecule has 4 rings (SSSR count). The van der Waals surface area contributed by atoms with Gasteiger partial charge in [-0.05, 0) is 73.2 Å². The molecule has 1 amide bonds. The van der Waals surface area contributed by atoms with Crippen LogP contribution in [0.25, 0.3) is 6.08 Å². The average Bonchev–Trinajstić information content (AvgIpc) is 3.07. The third-order valence-corrected chi connectivity index (χ3v) is 5.96. The summed E-state index contributed by atoms with van der Waals surface area (Å²) in [6.45, 7) is 2.54. The molecule has 1 aliphatic rings. The van der Waals surface area contributed by atoms with Gasteiger partial charge in [0.1, 0.15) is 23.9 Å². The fourth-order valence-electron chi connectivity index (χ4n) is 3.66. The molecule has 0 saturated carbocycles. The molecular weight excluding hydrogens is 467 g/mol. The summed E-state index contributed by atoms with van der Waals surface area (Å²) in [5.74, 6) is 1.09. The molecule has 1 heterocycles. The number of carbonyl (C=O) groups excluding carboxylic acids is 1. The Bertz CT molecular complexity index is 1280. The van der Waals surface area contributed by atoms with E-state index in [0.717, 1.165) is 11.3 Å². The molecule has 6 nitrogen and oxygen atoms in total. The van der Waals surface area contributed by atoms with Gasteiger partial charge in [0.05, 0.1) is 19.4 Å². The molecule has 1 fully saturated rings. The maximum atomic E-state index is 13.9. The third kappa shape index (κ3) is 5.12. The summed E-state index contributed by atoms with van der Waals surface area (Å²) in [5.41, 5.74) is 2.26. The van der Waals surface area contributed by atoms with Crippen molar-refractivity contribution in [2.45, 2.75) is 13.5 Å². The summed E-state index contributed by atoms with van der Waals surface area (Å²) in [6, 6.07) is 19.0. The molecule has 0 N–H and O–H groups in total. The van der Waals surface area contributed by atoms with Crippen molar-refractivity contribution in [2.75, 3.05) is 25.7 Å². The average molecular weight is 493 g/mol. The highest BCUT2D eigenvalue weighted by Crippen LogP contribution is 2.32. The first-order valence-corrected chi connectivity index (χ1v) is 11.4. The van der Waals surface area contributed by atoms with Crippen LogP contribution in [-0.4, -0.2) is 36.7 Å². The largest absolute Gasteiger partial charge is 0.494 e. The summed E-state index contributed by atoms with van der Waals surface area (Å²) < 4.78 is 30.6. The van der Waals surface area contributed by atoms with E-state index in [-0.39, 0.29) is 18.3 Å². The highest BCUT2D eigenvalue weighted by molar-refractivity contribution is 7.80. The minimum Gasteiger partial charge on any atom is -0.494 e. The quantitative estimate of drug-likeness (QED) is 0.309. The second kappa shape index (κ2) is 10.6. The molecular formula is C27H25FN2O4S. The van der Waals surface area contributed by atoms with Gasteiger partial charge in [-0.15, -0.1) is 0 Å². The van der Waals surface area contributed by atoms with E-state index in [2.05, 4.69) is 0 Å². The van der Waals surface area contributed by atoms with Crippen molar-refractivity contribution in [1.29, 1.82) is 0 Å². The Morgan fingerprint density at radius 3 is 2.43 bits per heavy atom. The van der Waals surface area contributed by atoms with Crippen molar-refractivity contribution in [2.24, 2.45) is 0 Å². The maximum absolute atomic E-state index is 13.9. The Kier molecular flexibility index (Phi) is 7.31. The lowest BCUT2D eigenvalue weighted by molar-refractivity contribution is -0.114. The number of hydrogen-bond donors (Lipinski definition) is 0.